The number of hydrazone groups is 1. The summed E-state index contributed by atoms with van der Waals surface area (Å²) in [7, 11) is 0. The zero-order chi connectivity index (χ0) is 14.4. The van der Waals surface area contributed by atoms with Crippen molar-refractivity contribution in [2.24, 2.45) is 5.10 Å². The van der Waals surface area contributed by atoms with Crippen molar-refractivity contribution in [2.75, 3.05) is 5.43 Å². The van der Waals surface area contributed by atoms with Gasteiger partial charge in [-0.2, -0.15) is 5.10 Å². The average molecular weight is 266 g/mol. The highest BCUT2D eigenvalue weighted by atomic mass is 16.4. The minimum atomic E-state index is -0.961. The highest BCUT2D eigenvalue weighted by Crippen LogP contribution is 2.10. The molecule has 2 rings (SSSR count). The van der Waals surface area contributed by atoms with Gasteiger partial charge >= 0.3 is 5.97 Å². The van der Waals surface area contributed by atoms with E-state index in [9.17, 15) is 4.79 Å². The lowest BCUT2D eigenvalue weighted by molar-refractivity contribution is 0.0697. The first-order chi connectivity index (χ1) is 9.69. The van der Waals surface area contributed by atoms with E-state index in [1.165, 1.54) is 12.1 Å². The third kappa shape index (κ3) is 3.55. The van der Waals surface area contributed by atoms with Gasteiger partial charge in [-0.1, -0.05) is 43.0 Å². The van der Waals surface area contributed by atoms with E-state index >= 15 is 0 Å². The summed E-state index contributed by atoms with van der Waals surface area (Å²) in [6.45, 7) is 3.69. The molecule has 4 nitrogen and oxygen atoms in total. The number of rotatable bonds is 5. The molecule has 0 aromatic heterocycles. The minimum Gasteiger partial charge on any atom is -0.478 e. The summed E-state index contributed by atoms with van der Waals surface area (Å²) in [6.07, 6.45) is 3.44. The molecule has 2 aromatic rings. The van der Waals surface area contributed by atoms with Gasteiger partial charge in [0.25, 0.3) is 0 Å². The fourth-order valence-corrected chi connectivity index (χ4v) is 1.62. The molecule has 0 aliphatic heterocycles. The molecular weight excluding hydrogens is 252 g/mol. The second-order valence-corrected chi connectivity index (χ2v) is 4.13. The number of carboxylic acid groups (broad SMARTS) is 1. The van der Waals surface area contributed by atoms with Crippen LogP contribution < -0.4 is 5.43 Å². The summed E-state index contributed by atoms with van der Waals surface area (Å²) in [5, 5.41) is 13.0. The van der Waals surface area contributed by atoms with Gasteiger partial charge in [-0.05, 0) is 29.3 Å². The van der Waals surface area contributed by atoms with E-state index in [1.807, 2.05) is 24.3 Å². The molecule has 0 saturated carbocycles. The summed E-state index contributed by atoms with van der Waals surface area (Å²) in [5.41, 5.74) is 5.64. The highest BCUT2D eigenvalue weighted by molar-refractivity contribution is 5.88. The molecule has 2 N–H and O–H groups in total. The second-order valence-electron chi connectivity index (χ2n) is 4.13. The van der Waals surface area contributed by atoms with Gasteiger partial charge in [-0.3, -0.25) is 5.43 Å². The smallest absolute Gasteiger partial charge is 0.335 e. The lowest BCUT2D eigenvalue weighted by atomic mass is 10.1. The third-order valence-electron chi connectivity index (χ3n) is 2.69. The van der Waals surface area contributed by atoms with Crippen LogP contribution in [0.5, 0.6) is 0 Å². The summed E-state index contributed by atoms with van der Waals surface area (Å²) in [4.78, 5) is 10.8. The molecule has 0 heterocycles. The molecule has 2 aromatic carbocycles. The van der Waals surface area contributed by atoms with E-state index in [4.69, 9.17) is 5.11 Å². The zero-order valence-corrected chi connectivity index (χ0v) is 10.8. The van der Waals surface area contributed by atoms with Crippen LogP contribution in [0.1, 0.15) is 21.5 Å². The van der Waals surface area contributed by atoms with Gasteiger partial charge in [0.15, 0.2) is 0 Å². The lowest BCUT2D eigenvalue weighted by Crippen LogP contribution is -1.97. The van der Waals surface area contributed by atoms with Crippen molar-refractivity contribution in [2.45, 2.75) is 0 Å². The molecule has 0 aliphatic rings. The number of carbonyl (C=O) groups is 1. The number of carboxylic acids is 1. The Morgan fingerprint density at radius 1 is 1.15 bits per heavy atom. The summed E-state index contributed by atoms with van der Waals surface area (Å²) < 4.78 is 0. The number of nitrogens with zero attached hydrogens (tertiary/aromatic N) is 1. The Morgan fingerprint density at radius 2 is 1.85 bits per heavy atom. The van der Waals surface area contributed by atoms with E-state index in [1.54, 1.807) is 24.4 Å². The van der Waals surface area contributed by atoms with Gasteiger partial charge in [0.05, 0.1) is 17.5 Å². The first-order valence-corrected chi connectivity index (χ1v) is 6.04. The first-order valence-electron chi connectivity index (χ1n) is 6.04. The van der Waals surface area contributed by atoms with Crippen molar-refractivity contribution in [3.05, 3.63) is 71.8 Å². The summed E-state index contributed by atoms with van der Waals surface area (Å²) >= 11 is 0. The van der Waals surface area contributed by atoms with Crippen molar-refractivity contribution < 1.29 is 9.90 Å². The quantitative estimate of drug-likeness (QED) is 0.643. The molecule has 0 aliphatic carbocycles. The van der Waals surface area contributed by atoms with E-state index in [-0.39, 0.29) is 5.56 Å². The number of benzene rings is 2. The van der Waals surface area contributed by atoms with Crippen LogP contribution in [0.3, 0.4) is 0 Å². The summed E-state index contributed by atoms with van der Waals surface area (Å²) in [6, 6.07) is 14.2. The number of anilines is 1. The fourth-order valence-electron chi connectivity index (χ4n) is 1.62. The van der Waals surface area contributed by atoms with Gasteiger partial charge in [-0.25, -0.2) is 4.79 Å². The van der Waals surface area contributed by atoms with Gasteiger partial charge in [-0.15, -0.1) is 0 Å². The molecule has 100 valence electrons. The molecule has 0 fully saturated rings. The Morgan fingerprint density at radius 3 is 2.50 bits per heavy atom. The van der Waals surface area contributed by atoms with Crippen LogP contribution in [0.4, 0.5) is 5.69 Å². The first kappa shape index (κ1) is 13.5. The normalized spacial score (nSPS) is 10.4. The number of hydrogen-bond acceptors (Lipinski definition) is 3. The Balaban J connectivity index is 2.03. The fraction of sp³-hybridized carbons (Fsp3) is 0. The molecule has 0 amide bonds. The minimum absolute atomic E-state index is 0.223. The standard InChI is InChI=1S/C16H14N2O2/c1-2-12-6-8-13(9-7-12)11-17-18-15-5-3-4-14(10-15)16(19)20/h2-11,18H,1H2,(H,19,20)/b17-11+. The van der Waals surface area contributed by atoms with Crippen molar-refractivity contribution in [1.82, 2.24) is 0 Å². The van der Waals surface area contributed by atoms with Crippen LogP contribution >= 0.6 is 0 Å². The van der Waals surface area contributed by atoms with E-state index in [2.05, 4.69) is 17.1 Å². The van der Waals surface area contributed by atoms with Crippen LogP contribution in [0.25, 0.3) is 6.08 Å². The zero-order valence-electron chi connectivity index (χ0n) is 10.8. The number of nitrogens with one attached hydrogen (secondary N) is 1. The predicted molar refractivity (Wildman–Crippen MR) is 81.2 cm³/mol. The van der Waals surface area contributed by atoms with Gasteiger partial charge in [0, 0.05) is 0 Å². The van der Waals surface area contributed by atoms with E-state index < -0.39 is 5.97 Å². The molecular formula is C16H14N2O2. The number of hydrogen-bond donors (Lipinski definition) is 2. The largest absolute Gasteiger partial charge is 0.478 e. The van der Waals surface area contributed by atoms with E-state index in [0.29, 0.717) is 5.69 Å². The van der Waals surface area contributed by atoms with Crippen LogP contribution in [0.15, 0.2) is 60.2 Å². The molecule has 0 spiro atoms. The molecule has 4 heteroatoms. The van der Waals surface area contributed by atoms with Crippen molar-refractivity contribution in [3.8, 4) is 0 Å². The van der Waals surface area contributed by atoms with Crippen LogP contribution in [-0.2, 0) is 0 Å². The Kier molecular flexibility index (Phi) is 4.29. The Bertz CT molecular complexity index is 646. The van der Waals surface area contributed by atoms with Crippen LogP contribution in [0, 0.1) is 0 Å². The van der Waals surface area contributed by atoms with Gasteiger partial charge < -0.3 is 5.11 Å². The molecule has 20 heavy (non-hydrogen) atoms. The van der Waals surface area contributed by atoms with Crippen LogP contribution in [-0.4, -0.2) is 17.3 Å². The average Bonchev–Trinajstić information content (AvgIpc) is 2.48. The van der Waals surface area contributed by atoms with Gasteiger partial charge in [0.2, 0.25) is 0 Å². The van der Waals surface area contributed by atoms with Crippen molar-refractivity contribution >= 4 is 23.9 Å². The van der Waals surface area contributed by atoms with E-state index in [0.717, 1.165) is 11.1 Å². The van der Waals surface area contributed by atoms with Gasteiger partial charge in [0.1, 0.15) is 0 Å². The summed E-state index contributed by atoms with van der Waals surface area (Å²) in [5.74, 6) is -0.961. The Labute approximate surface area is 117 Å². The topological polar surface area (TPSA) is 61.7 Å². The van der Waals surface area contributed by atoms with Crippen LogP contribution in [0.2, 0.25) is 0 Å². The lowest BCUT2D eigenvalue weighted by Gasteiger charge is -2.01. The monoisotopic (exact) mass is 266 g/mol. The third-order valence-corrected chi connectivity index (χ3v) is 2.69. The SMILES string of the molecule is C=Cc1ccc(/C=N/Nc2cccc(C(=O)O)c2)cc1. The predicted octanol–water partition coefficient (Wildman–Crippen LogP) is 3.47. The Hall–Kier alpha value is -2.88. The molecule has 0 saturated heterocycles. The molecule has 0 atom stereocenters. The maximum atomic E-state index is 10.8. The van der Waals surface area contributed by atoms with Crippen molar-refractivity contribution in [3.63, 3.8) is 0 Å². The van der Waals surface area contributed by atoms with Crippen molar-refractivity contribution in [1.29, 1.82) is 0 Å². The maximum Gasteiger partial charge on any atom is 0.335 e. The highest BCUT2D eigenvalue weighted by Gasteiger charge is 2.01. The maximum absolute atomic E-state index is 10.8. The second kappa shape index (κ2) is 6.33. The molecule has 0 bridgehead atoms. The molecule has 0 radical (unpaired) electrons. The molecule has 0 unspecified atom stereocenters. The number of aromatic carboxylic acids is 1.